The normalized spacial score (nSPS) is 20.9. The van der Waals surface area contributed by atoms with E-state index in [1.54, 1.807) is 0 Å². The van der Waals surface area contributed by atoms with Crippen LogP contribution in [0.5, 0.6) is 0 Å². The van der Waals surface area contributed by atoms with Crippen LogP contribution in [-0.4, -0.2) is 19.5 Å². The topological polar surface area (TPSA) is 18.5 Å². The minimum absolute atomic E-state index is 0.0304. The zero-order chi connectivity index (χ0) is 7.23. The van der Waals surface area contributed by atoms with E-state index in [4.69, 9.17) is 9.47 Å². The molecule has 2 nitrogen and oxygen atoms in total. The maximum absolute atomic E-state index is 5.23. The molecule has 0 bridgehead atoms. The van der Waals surface area contributed by atoms with Crippen molar-refractivity contribution >= 4 is 0 Å². The van der Waals surface area contributed by atoms with Crippen molar-refractivity contribution in [2.75, 3.05) is 13.2 Å². The number of hydrogen-bond acceptors (Lipinski definition) is 2. The summed E-state index contributed by atoms with van der Waals surface area (Å²) in [5.74, 6) is 0. The summed E-state index contributed by atoms with van der Waals surface area (Å²) in [6.07, 6.45) is 6.25. The molecule has 2 heteroatoms. The first-order valence-corrected chi connectivity index (χ1v) is 3.81. The predicted octanol–water partition coefficient (Wildman–Crippen LogP) is 1.72. The van der Waals surface area contributed by atoms with Gasteiger partial charge in [-0.2, -0.15) is 0 Å². The Kier molecular flexibility index (Phi) is 3.47. The smallest absolute Gasteiger partial charge is 0.161 e. The van der Waals surface area contributed by atoms with Gasteiger partial charge in [0.25, 0.3) is 0 Å². The van der Waals surface area contributed by atoms with E-state index in [-0.39, 0.29) is 6.29 Å². The highest BCUT2D eigenvalue weighted by atomic mass is 16.7. The highest BCUT2D eigenvalue weighted by molar-refractivity contribution is 4.81. The summed E-state index contributed by atoms with van der Waals surface area (Å²) in [5, 5.41) is 0. The first kappa shape index (κ1) is 7.76. The first-order valence-electron chi connectivity index (χ1n) is 3.81. The molecule has 1 fully saturated rings. The molecule has 0 amide bonds. The number of hydrogen-bond donors (Lipinski definition) is 0. The summed E-state index contributed by atoms with van der Waals surface area (Å²) in [6, 6.07) is 0. The third kappa shape index (κ3) is 2.50. The molecule has 0 unspecified atom stereocenters. The fourth-order valence-corrected chi connectivity index (χ4v) is 0.917. The van der Waals surface area contributed by atoms with E-state index in [0.717, 1.165) is 26.1 Å². The number of rotatable bonds is 3. The SMILES string of the molecule is CC/C=C\CC1OCCO1. The van der Waals surface area contributed by atoms with Crippen LogP contribution in [0, 0.1) is 0 Å². The van der Waals surface area contributed by atoms with E-state index < -0.39 is 0 Å². The molecule has 0 spiro atoms. The van der Waals surface area contributed by atoms with Gasteiger partial charge < -0.3 is 9.47 Å². The number of ether oxygens (including phenoxy) is 2. The van der Waals surface area contributed by atoms with Crippen LogP contribution < -0.4 is 0 Å². The molecule has 0 radical (unpaired) electrons. The Morgan fingerprint density at radius 2 is 2.00 bits per heavy atom. The monoisotopic (exact) mass is 142 g/mol. The van der Waals surface area contributed by atoms with Crippen LogP contribution >= 0.6 is 0 Å². The van der Waals surface area contributed by atoms with Crippen molar-refractivity contribution in [3.05, 3.63) is 12.2 Å². The van der Waals surface area contributed by atoms with E-state index in [1.807, 2.05) is 0 Å². The maximum atomic E-state index is 5.23. The molecule has 0 aromatic carbocycles. The zero-order valence-corrected chi connectivity index (χ0v) is 6.38. The molecule has 0 atom stereocenters. The van der Waals surface area contributed by atoms with Crippen molar-refractivity contribution in [3.63, 3.8) is 0 Å². The second kappa shape index (κ2) is 4.47. The molecule has 1 rings (SSSR count). The highest BCUT2D eigenvalue weighted by Crippen LogP contribution is 2.07. The molecule has 0 N–H and O–H groups in total. The van der Waals surface area contributed by atoms with E-state index >= 15 is 0 Å². The summed E-state index contributed by atoms with van der Waals surface area (Å²) in [5.41, 5.74) is 0. The second-order valence-corrected chi connectivity index (χ2v) is 2.29. The van der Waals surface area contributed by atoms with Gasteiger partial charge in [-0.25, -0.2) is 0 Å². The Bertz CT molecular complexity index is 104. The molecule has 58 valence electrons. The quantitative estimate of drug-likeness (QED) is 0.558. The van der Waals surface area contributed by atoms with Crippen molar-refractivity contribution in [3.8, 4) is 0 Å². The van der Waals surface area contributed by atoms with Crippen LogP contribution in [0.3, 0.4) is 0 Å². The number of allylic oxidation sites excluding steroid dienone is 1. The average Bonchev–Trinajstić information content (AvgIpc) is 2.41. The van der Waals surface area contributed by atoms with Gasteiger partial charge in [-0.3, -0.25) is 0 Å². The van der Waals surface area contributed by atoms with Crippen LogP contribution in [0.2, 0.25) is 0 Å². The maximum Gasteiger partial charge on any atom is 0.161 e. The minimum Gasteiger partial charge on any atom is -0.350 e. The van der Waals surface area contributed by atoms with Gasteiger partial charge in [-0.15, -0.1) is 0 Å². The molecule has 0 aliphatic carbocycles. The van der Waals surface area contributed by atoms with Gasteiger partial charge in [0, 0.05) is 6.42 Å². The summed E-state index contributed by atoms with van der Waals surface area (Å²) in [4.78, 5) is 0. The Balaban J connectivity index is 2.06. The van der Waals surface area contributed by atoms with Gasteiger partial charge in [0.15, 0.2) is 6.29 Å². The molecule has 1 saturated heterocycles. The largest absolute Gasteiger partial charge is 0.350 e. The van der Waals surface area contributed by atoms with Crippen molar-refractivity contribution in [1.82, 2.24) is 0 Å². The van der Waals surface area contributed by atoms with E-state index in [0.29, 0.717) is 0 Å². The van der Waals surface area contributed by atoms with Gasteiger partial charge in [0.1, 0.15) is 0 Å². The minimum atomic E-state index is 0.0304. The van der Waals surface area contributed by atoms with E-state index in [9.17, 15) is 0 Å². The molecular formula is C8H14O2. The van der Waals surface area contributed by atoms with Gasteiger partial charge >= 0.3 is 0 Å². The fourth-order valence-electron chi connectivity index (χ4n) is 0.917. The Hall–Kier alpha value is -0.340. The highest BCUT2D eigenvalue weighted by Gasteiger charge is 2.12. The molecular weight excluding hydrogens is 128 g/mol. The second-order valence-electron chi connectivity index (χ2n) is 2.29. The summed E-state index contributed by atoms with van der Waals surface area (Å²) in [7, 11) is 0. The Morgan fingerprint density at radius 3 is 2.60 bits per heavy atom. The lowest BCUT2D eigenvalue weighted by Crippen LogP contribution is -2.04. The Morgan fingerprint density at radius 1 is 1.30 bits per heavy atom. The molecule has 0 aromatic heterocycles. The molecule has 10 heavy (non-hydrogen) atoms. The van der Waals surface area contributed by atoms with Gasteiger partial charge in [0.05, 0.1) is 13.2 Å². The standard InChI is InChI=1S/C8H14O2/c1-2-3-4-5-8-9-6-7-10-8/h3-4,8H,2,5-7H2,1H3/b4-3-. The lowest BCUT2D eigenvalue weighted by atomic mass is 10.3. The first-order chi connectivity index (χ1) is 4.93. The third-order valence-electron chi connectivity index (χ3n) is 1.42. The van der Waals surface area contributed by atoms with Crippen molar-refractivity contribution in [2.24, 2.45) is 0 Å². The van der Waals surface area contributed by atoms with E-state index in [1.165, 1.54) is 0 Å². The van der Waals surface area contributed by atoms with Crippen LogP contribution in [0.1, 0.15) is 19.8 Å². The summed E-state index contributed by atoms with van der Waals surface area (Å²) in [6.45, 7) is 3.63. The molecule has 1 aliphatic rings. The van der Waals surface area contributed by atoms with Crippen molar-refractivity contribution in [1.29, 1.82) is 0 Å². The lowest BCUT2D eigenvalue weighted by Gasteiger charge is -2.03. The van der Waals surface area contributed by atoms with Gasteiger partial charge in [-0.05, 0) is 6.42 Å². The van der Waals surface area contributed by atoms with Crippen molar-refractivity contribution in [2.45, 2.75) is 26.1 Å². The molecule has 0 aromatic rings. The molecule has 0 saturated carbocycles. The fraction of sp³-hybridized carbons (Fsp3) is 0.750. The zero-order valence-electron chi connectivity index (χ0n) is 6.38. The lowest BCUT2D eigenvalue weighted by molar-refractivity contribution is -0.0380. The van der Waals surface area contributed by atoms with Crippen LogP contribution in [0.15, 0.2) is 12.2 Å². The third-order valence-corrected chi connectivity index (χ3v) is 1.42. The predicted molar refractivity (Wildman–Crippen MR) is 39.7 cm³/mol. The molecule has 1 heterocycles. The molecule has 1 aliphatic heterocycles. The Labute approximate surface area is 61.8 Å². The van der Waals surface area contributed by atoms with Crippen LogP contribution in [0.25, 0.3) is 0 Å². The van der Waals surface area contributed by atoms with Gasteiger partial charge in [0.2, 0.25) is 0 Å². The average molecular weight is 142 g/mol. The van der Waals surface area contributed by atoms with Crippen molar-refractivity contribution < 1.29 is 9.47 Å². The summed E-state index contributed by atoms with van der Waals surface area (Å²) < 4.78 is 10.5. The van der Waals surface area contributed by atoms with Crippen LogP contribution in [0.4, 0.5) is 0 Å². The van der Waals surface area contributed by atoms with Gasteiger partial charge in [-0.1, -0.05) is 19.1 Å². The van der Waals surface area contributed by atoms with E-state index in [2.05, 4.69) is 19.1 Å². The summed E-state index contributed by atoms with van der Waals surface area (Å²) >= 11 is 0. The van der Waals surface area contributed by atoms with Crippen LogP contribution in [-0.2, 0) is 9.47 Å².